The highest BCUT2D eigenvalue weighted by Crippen LogP contribution is 2.21. The quantitative estimate of drug-likeness (QED) is 0.632. The first kappa shape index (κ1) is 18.5. The van der Waals surface area contributed by atoms with Crippen LogP contribution in [0.15, 0.2) is 60.8 Å². The Bertz CT molecular complexity index is 951. The number of carbonyl (C=O) groups is 2. The fourth-order valence-electron chi connectivity index (χ4n) is 2.72. The van der Waals surface area contributed by atoms with Crippen LogP contribution in [-0.4, -0.2) is 37.1 Å². The van der Waals surface area contributed by atoms with Gasteiger partial charge < -0.3 is 15.4 Å². The van der Waals surface area contributed by atoms with Crippen LogP contribution in [-0.2, 0) is 4.74 Å². The minimum Gasteiger partial charge on any atom is -0.385 e. The van der Waals surface area contributed by atoms with E-state index in [0.717, 1.165) is 17.3 Å². The molecule has 2 aromatic carbocycles. The van der Waals surface area contributed by atoms with E-state index in [2.05, 4.69) is 15.6 Å². The summed E-state index contributed by atoms with van der Waals surface area (Å²) in [6.07, 6.45) is 2.42. The molecule has 0 aliphatic carbocycles. The Labute approximate surface area is 157 Å². The van der Waals surface area contributed by atoms with Crippen molar-refractivity contribution >= 4 is 28.4 Å². The number of fused-ring (bicyclic) bond motifs is 1. The predicted octanol–water partition coefficient (Wildman–Crippen LogP) is 3.25. The van der Waals surface area contributed by atoms with E-state index in [-0.39, 0.29) is 11.8 Å². The van der Waals surface area contributed by atoms with Crippen LogP contribution in [0, 0.1) is 0 Å². The molecule has 0 unspecified atom stereocenters. The number of hydrogen-bond acceptors (Lipinski definition) is 4. The summed E-state index contributed by atoms with van der Waals surface area (Å²) in [6, 6.07) is 16.0. The van der Waals surface area contributed by atoms with Crippen LogP contribution in [0.2, 0.25) is 0 Å². The van der Waals surface area contributed by atoms with Gasteiger partial charge >= 0.3 is 0 Å². The Hall–Kier alpha value is -3.25. The number of pyridine rings is 1. The van der Waals surface area contributed by atoms with E-state index in [1.165, 1.54) is 0 Å². The van der Waals surface area contributed by atoms with E-state index in [4.69, 9.17) is 4.74 Å². The SMILES string of the molecule is COCCCNC(=O)c1cccc(C(=O)Nc2cccc3cccnc23)c1. The summed E-state index contributed by atoms with van der Waals surface area (Å²) >= 11 is 0. The number of aromatic nitrogens is 1. The molecule has 1 aromatic heterocycles. The summed E-state index contributed by atoms with van der Waals surface area (Å²) in [5.74, 6) is -0.505. The van der Waals surface area contributed by atoms with Crippen molar-refractivity contribution < 1.29 is 14.3 Å². The van der Waals surface area contributed by atoms with E-state index in [1.807, 2.05) is 24.3 Å². The maximum atomic E-state index is 12.6. The Morgan fingerprint density at radius 2 is 1.74 bits per heavy atom. The summed E-state index contributed by atoms with van der Waals surface area (Å²) in [4.78, 5) is 29.2. The molecule has 3 aromatic rings. The van der Waals surface area contributed by atoms with Crippen LogP contribution in [0.25, 0.3) is 10.9 Å². The van der Waals surface area contributed by atoms with Gasteiger partial charge in [0.2, 0.25) is 0 Å². The van der Waals surface area contributed by atoms with E-state index >= 15 is 0 Å². The Morgan fingerprint density at radius 1 is 1.00 bits per heavy atom. The molecule has 0 aliphatic rings. The third-order valence-electron chi connectivity index (χ3n) is 4.08. The molecular weight excluding hydrogens is 342 g/mol. The normalized spacial score (nSPS) is 10.6. The van der Waals surface area contributed by atoms with Crippen molar-refractivity contribution in [1.82, 2.24) is 10.3 Å². The molecule has 2 N–H and O–H groups in total. The summed E-state index contributed by atoms with van der Waals surface area (Å²) in [7, 11) is 1.62. The zero-order valence-corrected chi connectivity index (χ0v) is 15.1. The molecule has 138 valence electrons. The number of carbonyl (C=O) groups excluding carboxylic acids is 2. The van der Waals surface area contributed by atoms with Gasteiger partial charge in [-0.1, -0.05) is 24.3 Å². The summed E-state index contributed by atoms with van der Waals surface area (Å²) in [6.45, 7) is 1.10. The lowest BCUT2D eigenvalue weighted by atomic mass is 10.1. The molecule has 0 atom stereocenters. The highest BCUT2D eigenvalue weighted by Gasteiger charge is 2.12. The average molecular weight is 363 g/mol. The van der Waals surface area contributed by atoms with Crippen molar-refractivity contribution in [3.8, 4) is 0 Å². The van der Waals surface area contributed by atoms with Gasteiger partial charge in [-0.2, -0.15) is 0 Å². The molecule has 0 spiro atoms. The highest BCUT2D eigenvalue weighted by atomic mass is 16.5. The Kier molecular flexibility index (Phi) is 6.12. The Balaban J connectivity index is 1.72. The summed E-state index contributed by atoms with van der Waals surface area (Å²) in [5, 5.41) is 6.63. The molecule has 2 amide bonds. The number of rotatable bonds is 7. The average Bonchev–Trinajstić information content (AvgIpc) is 2.71. The minimum absolute atomic E-state index is 0.215. The van der Waals surface area contributed by atoms with Crippen molar-refractivity contribution in [2.75, 3.05) is 25.6 Å². The number of hydrogen-bond donors (Lipinski definition) is 2. The molecule has 6 nitrogen and oxygen atoms in total. The van der Waals surface area contributed by atoms with Crippen molar-refractivity contribution in [2.45, 2.75) is 6.42 Å². The number of benzene rings is 2. The van der Waals surface area contributed by atoms with Crippen LogP contribution < -0.4 is 10.6 Å². The molecule has 0 saturated heterocycles. The van der Waals surface area contributed by atoms with Gasteiger partial charge in [0.05, 0.1) is 11.2 Å². The number of anilines is 1. The molecule has 0 aliphatic heterocycles. The first-order chi connectivity index (χ1) is 13.2. The van der Waals surface area contributed by atoms with Crippen LogP contribution in [0.4, 0.5) is 5.69 Å². The zero-order valence-electron chi connectivity index (χ0n) is 15.1. The molecule has 6 heteroatoms. The number of ether oxygens (including phenoxy) is 1. The van der Waals surface area contributed by atoms with Gasteiger partial charge in [-0.3, -0.25) is 14.6 Å². The second kappa shape index (κ2) is 8.91. The van der Waals surface area contributed by atoms with Crippen molar-refractivity contribution in [2.24, 2.45) is 0 Å². The lowest BCUT2D eigenvalue weighted by molar-refractivity contribution is 0.0948. The largest absolute Gasteiger partial charge is 0.385 e. The highest BCUT2D eigenvalue weighted by molar-refractivity contribution is 6.09. The summed E-state index contributed by atoms with van der Waals surface area (Å²) < 4.78 is 4.96. The zero-order chi connectivity index (χ0) is 19.1. The molecule has 0 radical (unpaired) electrons. The van der Waals surface area contributed by atoms with Gasteiger partial charge in [0.15, 0.2) is 0 Å². The second-order valence-corrected chi connectivity index (χ2v) is 6.02. The molecular formula is C21H21N3O3. The first-order valence-corrected chi connectivity index (χ1v) is 8.71. The van der Waals surface area contributed by atoms with Gasteiger partial charge in [0.1, 0.15) is 0 Å². The number of para-hydroxylation sites is 1. The molecule has 0 bridgehead atoms. The lowest BCUT2D eigenvalue weighted by Crippen LogP contribution is -2.25. The van der Waals surface area contributed by atoms with Gasteiger partial charge in [0, 0.05) is 43.0 Å². The maximum Gasteiger partial charge on any atom is 0.255 e. The number of nitrogens with one attached hydrogen (secondary N) is 2. The lowest BCUT2D eigenvalue weighted by Gasteiger charge is -2.09. The van der Waals surface area contributed by atoms with Gasteiger partial charge in [-0.05, 0) is 36.8 Å². The van der Waals surface area contributed by atoms with Crippen LogP contribution >= 0.6 is 0 Å². The van der Waals surface area contributed by atoms with Gasteiger partial charge in [-0.15, -0.1) is 0 Å². The predicted molar refractivity (Wildman–Crippen MR) is 105 cm³/mol. The van der Waals surface area contributed by atoms with E-state index in [9.17, 15) is 9.59 Å². The molecule has 1 heterocycles. The fourth-order valence-corrected chi connectivity index (χ4v) is 2.72. The topological polar surface area (TPSA) is 80.3 Å². The van der Waals surface area contributed by atoms with Crippen molar-refractivity contribution in [3.05, 3.63) is 71.9 Å². The van der Waals surface area contributed by atoms with Crippen LogP contribution in [0.5, 0.6) is 0 Å². The molecule has 27 heavy (non-hydrogen) atoms. The fraction of sp³-hybridized carbons (Fsp3) is 0.190. The first-order valence-electron chi connectivity index (χ1n) is 8.71. The van der Waals surface area contributed by atoms with Crippen molar-refractivity contribution in [1.29, 1.82) is 0 Å². The van der Waals surface area contributed by atoms with Crippen molar-refractivity contribution in [3.63, 3.8) is 0 Å². The molecule has 3 rings (SSSR count). The number of nitrogens with zero attached hydrogens (tertiary/aromatic N) is 1. The molecule has 0 saturated carbocycles. The smallest absolute Gasteiger partial charge is 0.255 e. The number of methoxy groups -OCH3 is 1. The minimum atomic E-state index is -0.290. The van der Waals surface area contributed by atoms with E-state index in [1.54, 1.807) is 43.6 Å². The van der Waals surface area contributed by atoms with E-state index < -0.39 is 0 Å². The van der Waals surface area contributed by atoms with Crippen LogP contribution in [0.1, 0.15) is 27.1 Å². The van der Waals surface area contributed by atoms with Crippen LogP contribution in [0.3, 0.4) is 0 Å². The monoisotopic (exact) mass is 363 g/mol. The van der Waals surface area contributed by atoms with Gasteiger partial charge in [0.25, 0.3) is 11.8 Å². The third kappa shape index (κ3) is 4.68. The third-order valence-corrected chi connectivity index (χ3v) is 4.08. The standard InChI is InChI=1S/C21H21N3O3/c1-27-13-5-12-23-20(25)16-7-2-8-17(14-16)21(26)24-18-10-3-6-15-9-4-11-22-19(15)18/h2-4,6-11,14H,5,12-13H2,1H3,(H,23,25)(H,24,26). The second-order valence-electron chi connectivity index (χ2n) is 6.02. The van der Waals surface area contributed by atoms with Gasteiger partial charge in [-0.25, -0.2) is 0 Å². The summed E-state index contributed by atoms with van der Waals surface area (Å²) in [5.41, 5.74) is 2.21. The Morgan fingerprint density at radius 3 is 2.56 bits per heavy atom. The number of amides is 2. The van der Waals surface area contributed by atoms with E-state index in [0.29, 0.717) is 30.0 Å². The maximum absolute atomic E-state index is 12.6. The molecule has 0 fully saturated rings.